The first-order valence-electron chi connectivity index (χ1n) is 6.10. The van der Waals surface area contributed by atoms with Crippen molar-refractivity contribution in [1.29, 1.82) is 10.8 Å². The van der Waals surface area contributed by atoms with E-state index >= 15 is 0 Å². The molecule has 2 aromatic carbocycles. The zero-order valence-electron chi connectivity index (χ0n) is 10.8. The van der Waals surface area contributed by atoms with Crippen molar-refractivity contribution in [3.05, 3.63) is 71.3 Å². The second-order valence-corrected chi connectivity index (χ2v) is 4.39. The maximum absolute atomic E-state index is 7.86. The minimum absolute atomic E-state index is 0.0182. The molecule has 0 spiro atoms. The summed E-state index contributed by atoms with van der Waals surface area (Å²) in [7, 11) is 0. The third-order valence-electron chi connectivity index (χ3n) is 2.71. The zero-order chi connectivity index (χ0) is 13.7. The second-order valence-electron chi connectivity index (χ2n) is 4.39. The standard InChI is InChI=1S/C16H16N2O/c1-12-6-5-9-14(10-12)16(18)19-15(17)11-13-7-3-2-4-8-13/h2-10,17-18H,11H2,1H3. The van der Waals surface area contributed by atoms with Gasteiger partial charge in [-0.25, -0.2) is 0 Å². The Hall–Kier alpha value is -2.42. The molecule has 2 rings (SSSR count). The molecule has 96 valence electrons. The number of rotatable bonds is 3. The van der Waals surface area contributed by atoms with Gasteiger partial charge >= 0.3 is 0 Å². The maximum atomic E-state index is 7.86. The molecule has 19 heavy (non-hydrogen) atoms. The Bertz CT molecular complexity index is 591. The van der Waals surface area contributed by atoms with Crippen LogP contribution in [-0.4, -0.2) is 11.8 Å². The fourth-order valence-corrected chi connectivity index (χ4v) is 1.79. The number of hydrogen-bond donors (Lipinski definition) is 2. The molecule has 0 aliphatic heterocycles. The number of hydrogen-bond acceptors (Lipinski definition) is 3. The van der Waals surface area contributed by atoms with Crippen LogP contribution >= 0.6 is 0 Å². The fraction of sp³-hybridized carbons (Fsp3) is 0.125. The summed E-state index contributed by atoms with van der Waals surface area (Å²) in [5.74, 6) is 0.0994. The quantitative estimate of drug-likeness (QED) is 0.637. The third-order valence-corrected chi connectivity index (χ3v) is 2.71. The predicted molar refractivity (Wildman–Crippen MR) is 77.0 cm³/mol. The molecule has 0 saturated carbocycles. The van der Waals surface area contributed by atoms with E-state index in [0.717, 1.165) is 11.1 Å². The van der Waals surface area contributed by atoms with Crippen molar-refractivity contribution in [2.24, 2.45) is 0 Å². The number of benzene rings is 2. The van der Waals surface area contributed by atoms with Crippen molar-refractivity contribution in [2.45, 2.75) is 13.3 Å². The van der Waals surface area contributed by atoms with E-state index in [1.54, 1.807) is 0 Å². The smallest absolute Gasteiger partial charge is 0.220 e. The summed E-state index contributed by atoms with van der Waals surface area (Å²) >= 11 is 0. The van der Waals surface area contributed by atoms with Crippen LogP contribution in [0.2, 0.25) is 0 Å². The van der Waals surface area contributed by atoms with Crippen LogP contribution in [0.15, 0.2) is 54.6 Å². The summed E-state index contributed by atoms with van der Waals surface area (Å²) in [5, 5.41) is 15.7. The Morgan fingerprint density at radius 2 is 1.74 bits per heavy atom. The average Bonchev–Trinajstić information content (AvgIpc) is 2.39. The Balaban J connectivity index is 1.98. The zero-order valence-corrected chi connectivity index (χ0v) is 10.8. The molecule has 0 aliphatic carbocycles. The van der Waals surface area contributed by atoms with Crippen LogP contribution in [0.1, 0.15) is 16.7 Å². The van der Waals surface area contributed by atoms with Gasteiger partial charge in [0.1, 0.15) is 0 Å². The third kappa shape index (κ3) is 3.78. The molecule has 0 radical (unpaired) electrons. The molecule has 0 aliphatic rings. The van der Waals surface area contributed by atoms with Gasteiger partial charge in [0.05, 0.1) is 0 Å². The van der Waals surface area contributed by atoms with Gasteiger partial charge in [-0.05, 0) is 24.6 Å². The Morgan fingerprint density at radius 3 is 2.42 bits per heavy atom. The molecule has 0 aromatic heterocycles. The second kappa shape index (κ2) is 5.96. The molecule has 0 fully saturated rings. The van der Waals surface area contributed by atoms with Crippen molar-refractivity contribution in [2.75, 3.05) is 0 Å². The van der Waals surface area contributed by atoms with Crippen LogP contribution in [0, 0.1) is 17.7 Å². The molecule has 0 heterocycles. The molecular formula is C16H16N2O. The first-order chi connectivity index (χ1) is 9.15. The Morgan fingerprint density at radius 1 is 1.00 bits per heavy atom. The lowest BCUT2D eigenvalue weighted by Crippen LogP contribution is -2.14. The molecule has 0 atom stereocenters. The molecule has 2 N–H and O–H groups in total. The maximum Gasteiger partial charge on any atom is 0.220 e. The summed E-state index contributed by atoms with van der Waals surface area (Å²) in [5.41, 5.74) is 2.77. The Labute approximate surface area is 112 Å². The van der Waals surface area contributed by atoms with E-state index in [4.69, 9.17) is 15.6 Å². The predicted octanol–water partition coefficient (Wildman–Crippen LogP) is 3.56. The van der Waals surface area contributed by atoms with Gasteiger partial charge < -0.3 is 4.74 Å². The number of ether oxygens (including phenoxy) is 1. The highest BCUT2D eigenvalue weighted by Crippen LogP contribution is 2.07. The van der Waals surface area contributed by atoms with Gasteiger partial charge in [-0.15, -0.1) is 0 Å². The monoisotopic (exact) mass is 252 g/mol. The minimum Gasteiger partial charge on any atom is -0.425 e. The largest absolute Gasteiger partial charge is 0.425 e. The van der Waals surface area contributed by atoms with E-state index in [2.05, 4.69) is 0 Å². The highest BCUT2D eigenvalue weighted by Gasteiger charge is 2.07. The molecular weight excluding hydrogens is 236 g/mol. The van der Waals surface area contributed by atoms with Crippen LogP contribution < -0.4 is 0 Å². The van der Waals surface area contributed by atoms with Gasteiger partial charge in [0.2, 0.25) is 5.90 Å². The fourth-order valence-electron chi connectivity index (χ4n) is 1.79. The van der Waals surface area contributed by atoms with E-state index in [9.17, 15) is 0 Å². The van der Waals surface area contributed by atoms with Crippen molar-refractivity contribution < 1.29 is 4.74 Å². The highest BCUT2D eigenvalue weighted by atomic mass is 16.5. The molecule has 0 amide bonds. The van der Waals surface area contributed by atoms with E-state index < -0.39 is 0 Å². The van der Waals surface area contributed by atoms with E-state index in [-0.39, 0.29) is 11.8 Å². The topological polar surface area (TPSA) is 56.9 Å². The average molecular weight is 252 g/mol. The number of aryl methyl sites for hydroxylation is 1. The first kappa shape index (κ1) is 13.0. The van der Waals surface area contributed by atoms with E-state index in [1.165, 1.54) is 0 Å². The summed E-state index contributed by atoms with van der Waals surface area (Å²) < 4.78 is 5.26. The molecule has 0 bridgehead atoms. The first-order valence-corrected chi connectivity index (χ1v) is 6.10. The van der Waals surface area contributed by atoms with Crippen molar-refractivity contribution in [1.82, 2.24) is 0 Å². The van der Waals surface area contributed by atoms with Crippen LogP contribution in [0.3, 0.4) is 0 Å². The molecule has 3 nitrogen and oxygen atoms in total. The van der Waals surface area contributed by atoms with E-state index in [1.807, 2.05) is 61.5 Å². The summed E-state index contributed by atoms with van der Waals surface area (Å²) in [6, 6.07) is 17.2. The van der Waals surface area contributed by atoms with Crippen LogP contribution in [-0.2, 0) is 11.2 Å². The lowest BCUT2D eigenvalue weighted by molar-refractivity contribution is 0.523. The van der Waals surface area contributed by atoms with Gasteiger partial charge in [0.15, 0.2) is 5.90 Å². The summed E-state index contributed by atoms with van der Waals surface area (Å²) in [6.07, 6.45) is 0.398. The van der Waals surface area contributed by atoms with Crippen molar-refractivity contribution in [3.8, 4) is 0 Å². The lowest BCUT2D eigenvalue weighted by Gasteiger charge is -2.08. The van der Waals surface area contributed by atoms with Gasteiger partial charge in [-0.2, -0.15) is 0 Å². The minimum atomic E-state index is 0.0182. The summed E-state index contributed by atoms with van der Waals surface area (Å²) in [4.78, 5) is 0. The van der Waals surface area contributed by atoms with Crippen LogP contribution in [0.25, 0.3) is 0 Å². The SMILES string of the molecule is Cc1cccc(C(=N)OC(=N)Cc2ccccc2)c1. The van der Waals surface area contributed by atoms with Gasteiger partial charge in [0, 0.05) is 12.0 Å². The normalized spacial score (nSPS) is 9.95. The molecule has 0 saturated heterocycles. The van der Waals surface area contributed by atoms with Crippen molar-refractivity contribution >= 4 is 11.8 Å². The molecule has 3 heteroatoms. The van der Waals surface area contributed by atoms with Crippen LogP contribution in [0.4, 0.5) is 0 Å². The number of nitrogens with one attached hydrogen (secondary N) is 2. The van der Waals surface area contributed by atoms with E-state index in [0.29, 0.717) is 12.0 Å². The molecule has 2 aromatic rings. The Kier molecular flexibility index (Phi) is 4.08. The van der Waals surface area contributed by atoms with Crippen molar-refractivity contribution in [3.63, 3.8) is 0 Å². The van der Waals surface area contributed by atoms with Gasteiger partial charge in [-0.3, -0.25) is 10.8 Å². The van der Waals surface area contributed by atoms with Gasteiger partial charge in [0.25, 0.3) is 0 Å². The summed E-state index contributed by atoms with van der Waals surface area (Å²) in [6.45, 7) is 1.96. The van der Waals surface area contributed by atoms with Crippen LogP contribution in [0.5, 0.6) is 0 Å². The molecule has 0 unspecified atom stereocenters. The lowest BCUT2D eigenvalue weighted by atomic mass is 10.1. The van der Waals surface area contributed by atoms with Gasteiger partial charge in [-0.1, -0.05) is 48.0 Å². The highest BCUT2D eigenvalue weighted by molar-refractivity contribution is 5.99.